The van der Waals surface area contributed by atoms with Crippen LogP contribution >= 0.6 is 0 Å². The standard InChI is InChI=1S/C8H16N4/c1-6-5-7(2)11-8(3,10-6)12-9-4/h5,9-10,12H,1-4H3. The molecular weight excluding hydrogens is 152 g/mol. The van der Waals surface area contributed by atoms with E-state index in [0.717, 1.165) is 11.4 Å². The molecule has 0 fully saturated rings. The van der Waals surface area contributed by atoms with Crippen molar-refractivity contribution in [2.24, 2.45) is 4.99 Å². The normalized spacial score (nSPS) is 29.0. The first-order chi connectivity index (χ1) is 5.56. The number of rotatable bonds is 2. The fourth-order valence-corrected chi connectivity index (χ4v) is 1.45. The summed E-state index contributed by atoms with van der Waals surface area (Å²) in [5.41, 5.74) is 8.05. The van der Waals surface area contributed by atoms with Crippen LogP contribution in [0.1, 0.15) is 20.8 Å². The summed E-state index contributed by atoms with van der Waals surface area (Å²) in [6, 6.07) is 0. The highest BCUT2D eigenvalue weighted by Crippen LogP contribution is 2.09. The molecule has 1 aliphatic heterocycles. The van der Waals surface area contributed by atoms with Crippen molar-refractivity contribution in [2.75, 3.05) is 7.05 Å². The number of nitrogens with zero attached hydrogens (tertiary/aromatic N) is 1. The molecule has 68 valence electrons. The van der Waals surface area contributed by atoms with E-state index < -0.39 is 5.79 Å². The molecule has 1 aliphatic rings. The van der Waals surface area contributed by atoms with Crippen LogP contribution in [0.25, 0.3) is 0 Å². The summed E-state index contributed by atoms with van der Waals surface area (Å²) in [4.78, 5) is 4.41. The monoisotopic (exact) mass is 168 g/mol. The zero-order chi connectivity index (χ0) is 9.19. The van der Waals surface area contributed by atoms with Crippen LogP contribution in [-0.4, -0.2) is 18.5 Å². The van der Waals surface area contributed by atoms with Crippen molar-refractivity contribution in [3.63, 3.8) is 0 Å². The predicted octanol–water partition coefficient (Wildman–Crippen LogP) is 0.352. The molecule has 1 atom stereocenters. The van der Waals surface area contributed by atoms with Gasteiger partial charge >= 0.3 is 0 Å². The van der Waals surface area contributed by atoms with Gasteiger partial charge in [-0.05, 0) is 33.9 Å². The zero-order valence-electron chi connectivity index (χ0n) is 8.02. The second kappa shape index (κ2) is 3.25. The maximum absolute atomic E-state index is 4.41. The van der Waals surface area contributed by atoms with E-state index in [1.165, 1.54) is 0 Å². The highest BCUT2D eigenvalue weighted by atomic mass is 15.5. The van der Waals surface area contributed by atoms with Gasteiger partial charge in [-0.3, -0.25) is 5.43 Å². The van der Waals surface area contributed by atoms with Crippen molar-refractivity contribution in [3.05, 3.63) is 11.8 Å². The summed E-state index contributed by atoms with van der Waals surface area (Å²) < 4.78 is 0. The second-order valence-corrected chi connectivity index (χ2v) is 3.15. The molecule has 3 N–H and O–H groups in total. The molecule has 0 spiro atoms. The van der Waals surface area contributed by atoms with Gasteiger partial charge in [0.1, 0.15) is 0 Å². The highest BCUT2D eigenvalue weighted by molar-refractivity contribution is 5.94. The van der Waals surface area contributed by atoms with Crippen molar-refractivity contribution >= 4 is 5.71 Å². The lowest BCUT2D eigenvalue weighted by Gasteiger charge is -2.32. The number of aliphatic imine (C=N–C) groups is 1. The largest absolute Gasteiger partial charge is 0.352 e. The lowest BCUT2D eigenvalue weighted by molar-refractivity contribution is 0.287. The van der Waals surface area contributed by atoms with Gasteiger partial charge in [0.2, 0.25) is 0 Å². The van der Waals surface area contributed by atoms with Gasteiger partial charge in [-0.1, -0.05) is 0 Å². The summed E-state index contributed by atoms with van der Waals surface area (Å²) >= 11 is 0. The van der Waals surface area contributed by atoms with Gasteiger partial charge in [0.15, 0.2) is 5.79 Å². The van der Waals surface area contributed by atoms with Crippen molar-refractivity contribution in [1.82, 2.24) is 16.2 Å². The Morgan fingerprint density at radius 3 is 2.67 bits per heavy atom. The average molecular weight is 168 g/mol. The third kappa shape index (κ3) is 2.06. The Labute approximate surface area is 73.1 Å². The number of hydrogen-bond donors (Lipinski definition) is 3. The zero-order valence-corrected chi connectivity index (χ0v) is 8.02. The molecule has 0 aromatic rings. The molecule has 4 heteroatoms. The maximum atomic E-state index is 4.41. The van der Waals surface area contributed by atoms with Crippen LogP contribution in [0, 0.1) is 0 Å². The van der Waals surface area contributed by atoms with Gasteiger partial charge < -0.3 is 5.32 Å². The van der Waals surface area contributed by atoms with Crippen LogP contribution in [0.3, 0.4) is 0 Å². The Morgan fingerprint density at radius 2 is 2.17 bits per heavy atom. The minimum atomic E-state index is -0.419. The van der Waals surface area contributed by atoms with Gasteiger partial charge in [0.25, 0.3) is 0 Å². The quantitative estimate of drug-likeness (QED) is 0.521. The molecule has 0 radical (unpaired) electrons. The van der Waals surface area contributed by atoms with Gasteiger partial charge in [-0.15, -0.1) is 0 Å². The van der Waals surface area contributed by atoms with Gasteiger partial charge in [-0.2, -0.15) is 0 Å². The van der Waals surface area contributed by atoms with Crippen LogP contribution in [0.2, 0.25) is 0 Å². The van der Waals surface area contributed by atoms with E-state index in [1.54, 1.807) is 0 Å². The van der Waals surface area contributed by atoms with Gasteiger partial charge in [0.05, 0.1) is 0 Å². The van der Waals surface area contributed by atoms with E-state index in [2.05, 4.69) is 21.2 Å². The van der Waals surface area contributed by atoms with Crippen molar-refractivity contribution in [1.29, 1.82) is 0 Å². The van der Waals surface area contributed by atoms with Crippen molar-refractivity contribution in [2.45, 2.75) is 26.6 Å². The Bertz CT molecular complexity index is 231. The second-order valence-electron chi connectivity index (χ2n) is 3.15. The topological polar surface area (TPSA) is 48.5 Å². The smallest absolute Gasteiger partial charge is 0.194 e. The first-order valence-corrected chi connectivity index (χ1v) is 4.02. The Kier molecular flexibility index (Phi) is 2.49. The summed E-state index contributed by atoms with van der Waals surface area (Å²) in [5.74, 6) is -0.419. The van der Waals surface area contributed by atoms with Crippen molar-refractivity contribution < 1.29 is 0 Å². The molecule has 0 saturated heterocycles. The molecule has 1 unspecified atom stereocenters. The summed E-state index contributed by atoms with van der Waals surface area (Å²) in [6.07, 6.45) is 2.01. The molecule has 0 bridgehead atoms. The fourth-order valence-electron chi connectivity index (χ4n) is 1.45. The Balaban J connectivity index is 2.77. The average Bonchev–Trinajstić information content (AvgIpc) is 1.82. The number of nitrogens with one attached hydrogen (secondary N) is 3. The molecule has 0 aromatic heterocycles. The molecular formula is C8H16N4. The molecule has 0 aliphatic carbocycles. The van der Waals surface area contributed by atoms with Crippen LogP contribution in [0.4, 0.5) is 0 Å². The number of hydrogen-bond acceptors (Lipinski definition) is 4. The maximum Gasteiger partial charge on any atom is 0.194 e. The van der Waals surface area contributed by atoms with Crippen LogP contribution < -0.4 is 16.2 Å². The van der Waals surface area contributed by atoms with Crippen molar-refractivity contribution in [3.8, 4) is 0 Å². The molecule has 0 aromatic carbocycles. The summed E-state index contributed by atoms with van der Waals surface area (Å²) in [5, 5.41) is 3.22. The number of hydrazine groups is 1. The molecule has 1 rings (SSSR count). The highest BCUT2D eigenvalue weighted by Gasteiger charge is 2.23. The van der Waals surface area contributed by atoms with E-state index in [0.29, 0.717) is 0 Å². The Hall–Kier alpha value is -0.870. The van der Waals surface area contributed by atoms with E-state index in [-0.39, 0.29) is 0 Å². The fraction of sp³-hybridized carbons (Fsp3) is 0.625. The van der Waals surface area contributed by atoms with E-state index in [1.807, 2.05) is 33.9 Å². The molecule has 0 amide bonds. The third-order valence-corrected chi connectivity index (χ3v) is 1.63. The predicted molar refractivity (Wildman–Crippen MR) is 50.6 cm³/mol. The summed E-state index contributed by atoms with van der Waals surface area (Å²) in [6.45, 7) is 5.98. The van der Waals surface area contributed by atoms with E-state index >= 15 is 0 Å². The first kappa shape index (κ1) is 9.22. The SMILES string of the molecule is CNNC1(C)N=C(C)C=C(C)N1. The van der Waals surface area contributed by atoms with Crippen LogP contribution in [0.15, 0.2) is 16.8 Å². The molecule has 0 saturated carbocycles. The summed E-state index contributed by atoms with van der Waals surface area (Å²) in [7, 11) is 1.82. The Morgan fingerprint density at radius 1 is 1.50 bits per heavy atom. The van der Waals surface area contributed by atoms with Crippen LogP contribution in [0.5, 0.6) is 0 Å². The van der Waals surface area contributed by atoms with E-state index in [4.69, 9.17) is 0 Å². The molecule has 4 nitrogen and oxygen atoms in total. The van der Waals surface area contributed by atoms with Crippen LogP contribution in [-0.2, 0) is 0 Å². The minimum absolute atomic E-state index is 0.419. The molecule has 12 heavy (non-hydrogen) atoms. The lowest BCUT2D eigenvalue weighted by atomic mass is 10.2. The minimum Gasteiger partial charge on any atom is -0.352 e. The first-order valence-electron chi connectivity index (χ1n) is 4.02. The van der Waals surface area contributed by atoms with E-state index in [9.17, 15) is 0 Å². The third-order valence-electron chi connectivity index (χ3n) is 1.63. The van der Waals surface area contributed by atoms with Gasteiger partial charge in [-0.25, -0.2) is 10.4 Å². The number of allylic oxidation sites excluding steroid dienone is 2. The lowest BCUT2D eigenvalue weighted by Crippen LogP contribution is -2.58. The van der Waals surface area contributed by atoms with Gasteiger partial charge in [0, 0.05) is 11.4 Å². The molecule has 1 heterocycles.